The Bertz CT molecular complexity index is 502. The van der Waals surface area contributed by atoms with Crippen molar-refractivity contribution in [3.8, 4) is 0 Å². The summed E-state index contributed by atoms with van der Waals surface area (Å²) in [7, 11) is 0. The number of aliphatic hydroxyl groups excluding tert-OH is 1. The van der Waals surface area contributed by atoms with Crippen molar-refractivity contribution in [1.82, 2.24) is 0 Å². The highest BCUT2D eigenvalue weighted by molar-refractivity contribution is 6.13. The average molecular weight is 248 g/mol. The molecule has 1 aliphatic rings. The zero-order chi connectivity index (χ0) is 13.9. The van der Waals surface area contributed by atoms with Crippen LogP contribution in [0.25, 0.3) is 0 Å². The summed E-state index contributed by atoms with van der Waals surface area (Å²) < 4.78 is 0. The molecule has 0 aliphatic heterocycles. The molecule has 0 unspecified atom stereocenters. The summed E-state index contributed by atoms with van der Waals surface area (Å²) >= 11 is 0. The van der Waals surface area contributed by atoms with Gasteiger partial charge in [-0.3, -0.25) is 9.59 Å². The van der Waals surface area contributed by atoms with Crippen LogP contribution < -0.4 is 0 Å². The van der Waals surface area contributed by atoms with Crippen LogP contribution >= 0.6 is 0 Å². The molecule has 2 N–H and O–H groups in total. The Balaban J connectivity index is 3.16. The van der Waals surface area contributed by atoms with E-state index in [1.54, 1.807) is 19.1 Å². The number of carbonyl (C=O) groups excluding carboxylic acids is 2. The second kappa shape index (κ2) is 5.14. The fourth-order valence-electron chi connectivity index (χ4n) is 1.64. The summed E-state index contributed by atoms with van der Waals surface area (Å²) in [5, 5.41) is 19.6. The van der Waals surface area contributed by atoms with E-state index >= 15 is 0 Å². The van der Waals surface area contributed by atoms with Gasteiger partial charge in [-0.15, -0.1) is 0 Å². The summed E-state index contributed by atoms with van der Waals surface area (Å²) in [6, 6.07) is 0. The highest BCUT2D eigenvalue weighted by Gasteiger charge is 2.37. The molecule has 0 radical (unpaired) electrons. The van der Waals surface area contributed by atoms with E-state index in [9.17, 15) is 19.8 Å². The number of allylic oxidation sites excluding steroid dienone is 5. The van der Waals surface area contributed by atoms with Crippen LogP contribution in [0, 0.1) is 0 Å². The zero-order valence-corrected chi connectivity index (χ0v) is 10.6. The smallest absolute Gasteiger partial charge is 0.197 e. The maximum Gasteiger partial charge on any atom is 0.197 e. The van der Waals surface area contributed by atoms with Crippen molar-refractivity contribution >= 4 is 11.6 Å². The molecule has 0 aromatic carbocycles. The van der Waals surface area contributed by atoms with Crippen LogP contribution in [-0.4, -0.2) is 27.4 Å². The van der Waals surface area contributed by atoms with Crippen LogP contribution in [0.4, 0.5) is 0 Å². The van der Waals surface area contributed by atoms with Crippen molar-refractivity contribution < 1.29 is 19.8 Å². The number of hydrogen-bond donors (Lipinski definition) is 2. The van der Waals surface area contributed by atoms with Crippen LogP contribution in [-0.2, 0) is 9.59 Å². The maximum absolute atomic E-state index is 11.8. The summed E-state index contributed by atoms with van der Waals surface area (Å²) in [5.41, 5.74) is -1.82. The predicted molar refractivity (Wildman–Crippen MR) is 68.0 cm³/mol. The minimum atomic E-state index is -1.75. The highest BCUT2D eigenvalue weighted by Crippen LogP contribution is 2.27. The van der Waals surface area contributed by atoms with Crippen LogP contribution in [0.5, 0.6) is 0 Å². The maximum atomic E-state index is 11.8. The first-order valence-electron chi connectivity index (χ1n) is 5.55. The van der Waals surface area contributed by atoms with Crippen molar-refractivity contribution in [2.75, 3.05) is 0 Å². The van der Waals surface area contributed by atoms with E-state index in [0.29, 0.717) is 0 Å². The van der Waals surface area contributed by atoms with Gasteiger partial charge in [-0.05, 0) is 32.9 Å². The molecule has 18 heavy (non-hydrogen) atoms. The zero-order valence-electron chi connectivity index (χ0n) is 10.6. The molecule has 0 fully saturated rings. The van der Waals surface area contributed by atoms with Crippen molar-refractivity contribution in [3.63, 3.8) is 0 Å². The van der Waals surface area contributed by atoms with E-state index in [-0.39, 0.29) is 16.9 Å². The quantitative estimate of drug-likeness (QED) is 0.589. The lowest BCUT2D eigenvalue weighted by Crippen LogP contribution is -2.38. The number of carbonyl (C=O) groups is 2. The summed E-state index contributed by atoms with van der Waals surface area (Å²) in [5.74, 6) is -1.44. The molecule has 4 nitrogen and oxygen atoms in total. The van der Waals surface area contributed by atoms with Gasteiger partial charge in [-0.1, -0.05) is 18.2 Å². The number of aliphatic hydroxyl groups is 2. The molecule has 0 spiro atoms. The second-order valence-electron chi connectivity index (χ2n) is 4.26. The van der Waals surface area contributed by atoms with Gasteiger partial charge in [0.25, 0.3) is 0 Å². The van der Waals surface area contributed by atoms with E-state index in [0.717, 1.165) is 6.08 Å². The first-order valence-corrected chi connectivity index (χ1v) is 5.55. The Kier molecular flexibility index (Phi) is 4.03. The number of ketones is 2. The molecule has 0 heterocycles. The molecule has 0 saturated carbocycles. The standard InChI is InChI=1S/C14H16O4/c1-4-5-6-7-11(15)10-8-14(3,18)13(17)9(2)12(10)16/h4-8,16,18H,1-3H3/b5-4+,7-6?/t14-/m0/s1. The van der Waals surface area contributed by atoms with Gasteiger partial charge >= 0.3 is 0 Å². The van der Waals surface area contributed by atoms with Gasteiger partial charge in [0, 0.05) is 5.57 Å². The Labute approximate surface area is 106 Å². The van der Waals surface area contributed by atoms with Crippen LogP contribution in [0.2, 0.25) is 0 Å². The number of rotatable bonds is 3. The van der Waals surface area contributed by atoms with Gasteiger partial charge in [-0.2, -0.15) is 0 Å². The first kappa shape index (κ1) is 14.1. The SMILES string of the molecule is C/C=C/C=CC(=O)C1=C[C@](C)(O)C(=O)C(C)=C1O. The van der Waals surface area contributed by atoms with E-state index in [4.69, 9.17) is 0 Å². The van der Waals surface area contributed by atoms with Gasteiger partial charge in [0.2, 0.25) is 0 Å². The number of Topliss-reactive ketones (excluding diaryl/α,β-unsaturated/α-hetero) is 1. The van der Waals surface area contributed by atoms with Crippen molar-refractivity contribution in [1.29, 1.82) is 0 Å². The highest BCUT2D eigenvalue weighted by atomic mass is 16.3. The Morgan fingerprint density at radius 3 is 2.56 bits per heavy atom. The fourth-order valence-corrected chi connectivity index (χ4v) is 1.64. The molecule has 0 aromatic rings. The van der Waals surface area contributed by atoms with E-state index in [2.05, 4.69) is 0 Å². The van der Waals surface area contributed by atoms with Crippen molar-refractivity contribution in [2.45, 2.75) is 26.4 Å². The third-order valence-corrected chi connectivity index (χ3v) is 2.65. The summed E-state index contributed by atoms with van der Waals surface area (Å²) in [6.07, 6.45) is 7.29. The fraction of sp³-hybridized carbons (Fsp3) is 0.286. The minimum absolute atomic E-state index is 0.00900. The second-order valence-corrected chi connectivity index (χ2v) is 4.26. The van der Waals surface area contributed by atoms with Crippen molar-refractivity contribution in [3.05, 3.63) is 47.3 Å². The molecule has 0 amide bonds. The van der Waals surface area contributed by atoms with Crippen LogP contribution in [0.15, 0.2) is 47.3 Å². The molecule has 1 rings (SSSR count). The Morgan fingerprint density at radius 2 is 2.00 bits per heavy atom. The molecule has 1 atom stereocenters. The third-order valence-electron chi connectivity index (χ3n) is 2.65. The topological polar surface area (TPSA) is 74.6 Å². The normalized spacial score (nSPS) is 25.1. The number of hydrogen-bond acceptors (Lipinski definition) is 4. The Hall–Kier alpha value is -1.94. The lowest BCUT2D eigenvalue weighted by atomic mass is 9.84. The lowest BCUT2D eigenvalue weighted by Gasteiger charge is -2.24. The average Bonchev–Trinajstić information content (AvgIpc) is 2.32. The Morgan fingerprint density at radius 1 is 1.39 bits per heavy atom. The molecule has 96 valence electrons. The molecular weight excluding hydrogens is 232 g/mol. The van der Waals surface area contributed by atoms with Gasteiger partial charge in [0.15, 0.2) is 11.6 Å². The molecule has 4 heteroatoms. The molecule has 1 aliphatic carbocycles. The molecular formula is C14H16O4. The van der Waals surface area contributed by atoms with Gasteiger partial charge in [0.05, 0.1) is 5.57 Å². The lowest BCUT2D eigenvalue weighted by molar-refractivity contribution is -0.128. The first-order chi connectivity index (χ1) is 8.31. The van der Waals surface area contributed by atoms with E-state index in [1.807, 2.05) is 0 Å². The molecule has 0 saturated heterocycles. The van der Waals surface area contributed by atoms with Crippen LogP contribution in [0.3, 0.4) is 0 Å². The third kappa shape index (κ3) is 2.65. The van der Waals surface area contributed by atoms with E-state index in [1.165, 1.54) is 26.0 Å². The summed E-state index contributed by atoms with van der Waals surface area (Å²) in [6.45, 7) is 4.47. The molecule has 0 bridgehead atoms. The largest absolute Gasteiger partial charge is 0.507 e. The minimum Gasteiger partial charge on any atom is -0.507 e. The van der Waals surface area contributed by atoms with Crippen LogP contribution in [0.1, 0.15) is 20.8 Å². The monoisotopic (exact) mass is 248 g/mol. The van der Waals surface area contributed by atoms with Gasteiger partial charge in [-0.25, -0.2) is 0 Å². The summed E-state index contributed by atoms with van der Waals surface area (Å²) in [4.78, 5) is 23.5. The van der Waals surface area contributed by atoms with E-state index < -0.39 is 17.2 Å². The molecule has 0 aromatic heterocycles. The predicted octanol–water partition coefficient (Wildman–Crippen LogP) is 1.78. The van der Waals surface area contributed by atoms with Gasteiger partial charge < -0.3 is 10.2 Å². The van der Waals surface area contributed by atoms with Crippen molar-refractivity contribution in [2.24, 2.45) is 0 Å². The van der Waals surface area contributed by atoms with Gasteiger partial charge in [0.1, 0.15) is 11.4 Å².